The number of nitrogens with zero attached hydrogens (tertiary/aromatic N) is 3. The summed E-state index contributed by atoms with van der Waals surface area (Å²) in [4.78, 5) is 20.8. The molecule has 0 aliphatic rings. The molecule has 0 atom stereocenters. The minimum Gasteiger partial charge on any atom is -0.339 e. The zero-order valence-electron chi connectivity index (χ0n) is 13.9. The minimum absolute atomic E-state index is 0.0285. The molecule has 0 radical (unpaired) electrons. The zero-order chi connectivity index (χ0) is 16.9. The summed E-state index contributed by atoms with van der Waals surface area (Å²) in [6.07, 6.45) is 4.18. The van der Waals surface area contributed by atoms with E-state index in [-0.39, 0.29) is 5.91 Å². The van der Waals surface area contributed by atoms with Crippen LogP contribution in [0.5, 0.6) is 0 Å². The molecule has 6 heteroatoms. The van der Waals surface area contributed by atoms with Gasteiger partial charge >= 0.3 is 0 Å². The van der Waals surface area contributed by atoms with Crippen molar-refractivity contribution in [1.82, 2.24) is 15.1 Å². The van der Waals surface area contributed by atoms with Crippen LogP contribution in [0.3, 0.4) is 0 Å². The molecule has 2 aromatic heterocycles. The van der Waals surface area contributed by atoms with Crippen molar-refractivity contribution in [2.75, 3.05) is 5.32 Å². The van der Waals surface area contributed by atoms with Gasteiger partial charge in [0.05, 0.1) is 11.2 Å². The van der Waals surface area contributed by atoms with Crippen molar-refractivity contribution in [3.63, 3.8) is 0 Å². The summed E-state index contributed by atoms with van der Waals surface area (Å²) in [5.41, 5.74) is 2.79. The van der Waals surface area contributed by atoms with Crippen LogP contribution in [-0.4, -0.2) is 21.0 Å². The fourth-order valence-electron chi connectivity index (χ4n) is 2.57. The lowest BCUT2D eigenvalue weighted by Gasteiger charge is -2.09. The van der Waals surface area contributed by atoms with Crippen molar-refractivity contribution in [3.8, 4) is 0 Å². The maximum Gasteiger partial charge on any atom is 0.226 e. The molecule has 0 aliphatic heterocycles. The molecule has 0 fully saturated rings. The number of benzene rings is 1. The second-order valence-electron chi connectivity index (χ2n) is 5.69. The molecule has 24 heavy (non-hydrogen) atoms. The lowest BCUT2D eigenvalue weighted by Crippen LogP contribution is -2.12. The van der Waals surface area contributed by atoms with Gasteiger partial charge in [-0.15, -0.1) is 0 Å². The van der Waals surface area contributed by atoms with E-state index in [1.54, 1.807) is 6.20 Å². The number of rotatable bonds is 6. The first-order valence-corrected chi connectivity index (χ1v) is 8.13. The van der Waals surface area contributed by atoms with E-state index in [1.165, 1.54) is 0 Å². The minimum atomic E-state index is -0.0285. The van der Waals surface area contributed by atoms with Gasteiger partial charge in [-0.3, -0.25) is 9.78 Å². The topological polar surface area (TPSA) is 80.9 Å². The Hall–Kier alpha value is -2.76. The Kier molecular flexibility index (Phi) is 4.84. The molecule has 6 nitrogen and oxygen atoms in total. The van der Waals surface area contributed by atoms with E-state index >= 15 is 0 Å². The van der Waals surface area contributed by atoms with E-state index in [4.69, 9.17) is 4.52 Å². The molecule has 0 bridgehead atoms. The molecular formula is C18H20N4O2. The standard InChI is InChI=1S/C18H20N4O2/c1-3-15-21-17(24-22-15)8-4-7-16(23)20-14-10-9-12(2)18-13(14)6-5-11-19-18/h5-6,9-11H,3-4,7-8H2,1-2H3,(H,20,23). The molecule has 0 spiro atoms. The number of hydrogen-bond acceptors (Lipinski definition) is 5. The van der Waals surface area contributed by atoms with Gasteiger partial charge < -0.3 is 9.84 Å². The molecule has 0 saturated carbocycles. The Labute approximate surface area is 140 Å². The van der Waals surface area contributed by atoms with Crippen LogP contribution in [0.1, 0.15) is 37.0 Å². The van der Waals surface area contributed by atoms with Gasteiger partial charge in [-0.25, -0.2) is 0 Å². The van der Waals surface area contributed by atoms with Gasteiger partial charge in [0.25, 0.3) is 0 Å². The smallest absolute Gasteiger partial charge is 0.226 e. The van der Waals surface area contributed by atoms with E-state index in [0.717, 1.165) is 28.6 Å². The Bertz CT molecular complexity index is 857. The molecule has 3 rings (SSSR count). The monoisotopic (exact) mass is 324 g/mol. The van der Waals surface area contributed by atoms with Gasteiger partial charge in [-0.05, 0) is 37.1 Å². The summed E-state index contributed by atoms with van der Waals surface area (Å²) in [5.74, 6) is 1.26. The normalized spacial score (nSPS) is 10.9. The van der Waals surface area contributed by atoms with E-state index in [1.807, 2.05) is 38.1 Å². The largest absolute Gasteiger partial charge is 0.339 e. The fraction of sp³-hybridized carbons (Fsp3) is 0.333. The fourth-order valence-corrected chi connectivity index (χ4v) is 2.57. The van der Waals surface area contributed by atoms with Crippen LogP contribution in [0, 0.1) is 6.92 Å². The highest BCUT2D eigenvalue weighted by atomic mass is 16.5. The third-order valence-corrected chi connectivity index (χ3v) is 3.87. The van der Waals surface area contributed by atoms with E-state index in [9.17, 15) is 4.79 Å². The summed E-state index contributed by atoms with van der Waals surface area (Å²) in [7, 11) is 0. The average molecular weight is 324 g/mol. The maximum absolute atomic E-state index is 12.2. The third kappa shape index (κ3) is 3.59. The van der Waals surface area contributed by atoms with Crippen LogP contribution in [-0.2, 0) is 17.6 Å². The molecular weight excluding hydrogens is 304 g/mol. The Morgan fingerprint density at radius 3 is 2.96 bits per heavy atom. The van der Waals surface area contributed by atoms with Crippen LogP contribution >= 0.6 is 0 Å². The quantitative estimate of drug-likeness (QED) is 0.751. The number of carbonyl (C=O) groups is 1. The number of pyridine rings is 1. The molecule has 0 unspecified atom stereocenters. The number of fused-ring (bicyclic) bond motifs is 1. The van der Waals surface area contributed by atoms with Crippen molar-refractivity contribution >= 4 is 22.5 Å². The number of amides is 1. The highest BCUT2D eigenvalue weighted by Gasteiger charge is 2.09. The molecule has 1 amide bonds. The van der Waals surface area contributed by atoms with Crippen molar-refractivity contribution < 1.29 is 9.32 Å². The van der Waals surface area contributed by atoms with Gasteiger partial charge in [0.15, 0.2) is 5.82 Å². The van der Waals surface area contributed by atoms with Gasteiger partial charge in [0.1, 0.15) is 0 Å². The molecule has 3 aromatic rings. The van der Waals surface area contributed by atoms with Crippen molar-refractivity contribution in [2.24, 2.45) is 0 Å². The first-order valence-electron chi connectivity index (χ1n) is 8.13. The van der Waals surface area contributed by atoms with Gasteiger partial charge in [-0.2, -0.15) is 4.98 Å². The maximum atomic E-state index is 12.2. The highest BCUT2D eigenvalue weighted by Crippen LogP contribution is 2.24. The third-order valence-electron chi connectivity index (χ3n) is 3.87. The predicted octanol–water partition coefficient (Wildman–Crippen LogP) is 3.45. The summed E-state index contributed by atoms with van der Waals surface area (Å²) < 4.78 is 5.13. The molecule has 124 valence electrons. The lowest BCUT2D eigenvalue weighted by molar-refractivity contribution is -0.116. The van der Waals surface area contributed by atoms with Crippen molar-refractivity contribution in [3.05, 3.63) is 47.7 Å². The summed E-state index contributed by atoms with van der Waals surface area (Å²) in [5, 5.41) is 7.77. The molecule has 1 aromatic carbocycles. The molecule has 0 aliphatic carbocycles. The Balaban J connectivity index is 1.60. The molecule has 0 saturated heterocycles. The zero-order valence-corrected chi connectivity index (χ0v) is 13.9. The molecule has 2 heterocycles. The van der Waals surface area contributed by atoms with Gasteiger partial charge in [0.2, 0.25) is 11.8 Å². The van der Waals surface area contributed by atoms with Gasteiger partial charge in [-0.1, -0.05) is 18.1 Å². The van der Waals surface area contributed by atoms with Crippen LogP contribution in [0.25, 0.3) is 10.9 Å². The summed E-state index contributed by atoms with van der Waals surface area (Å²) in [6.45, 7) is 3.98. The summed E-state index contributed by atoms with van der Waals surface area (Å²) in [6, 6.07) is 7.73. The number of carbonyl (C=O) groups excluding carboxylic acids is 1. The Morgan fingerprint density at radius 2 is 2.17 bits per heavy atom. The van der Waals surface area contributed by atoms with Crippen LogP contribution in [0.4, 0.5) is 5.69 Å². The van der Waals surface area contributed by atoms with E-state index in [2.05, 4.69) is 20.4 Å². The number of anilines is 1. The van der Waals surface area contributed by atoms with Crippen LogP contribution < -0.4 is 5.32 Å². The number of nitrogens with one attached hydrogen (secondary N) is 1. The van der Waals surface area contributed by atoms with Crippen LogP contribution in [0.2, 0.25) is 0 Å². The number of aryl methyl sites for hydroxylation is 3. The second kappa shape index (κ2) is 7.21. The van der Waals surface area contributed by atoms with Crippen molar-refractivity contribution in [2.45, 2.75) is 39.5 Å². The SMILES string of the molecule is CCc1noc(CCCC(=O)Nc2ccc(C)c3ncccc23)n1. The first kappa shape index (κ1) is 16.1. The van der Waals surface area contributed by atoms with E-state index < -0.39 is 0 Å². The van der Waals surface area contributed by atoms with Gasteiger partial charge in [0, 0.05) is 30.8 Å². The summed E-state index contributed by atoms with van der Waals surface area (Å²) >= 11 is 0. The predicted molar refractivity (Wildman–Crippen MR) is 91.7 cm³/mol. The second-order valence-corrected chi connectivity index (χ2v) is 5.69. The van der Waals surface area contributed by atoms with Crippen molar-refractivity contribution in [1.29, 1.82) is 0 Å². The lowest BCUT2D eigenvalue weighted by atomic mass is 10.1. The first-order chi connectivity index (χ1) is 11.7. The Morgan fingerprint density at radius 1 is 1.29 bits per heavy atom. The number of aromatic nitrogens is 3. The van der Waals surface area contributed by atoms with Crippen LogP contribution in [0.15, 0.2) is 35.0 Å². The highest BCUT2D eigenvalue weighted by molar-refractivity contribution is 6.01. The molecule has 1 N–H and O–H groups in total. The number of hydrogen-bond donors (Lipinski definition) is 1. The van der Waals surface area contributed by atoms with E-state index in [0.29, 0.717) is 31.0 Å². The average Bonchev–Trinajstić information content (AvgIpc) is 3.06.